The first-order chi connectivity index (χ1) is 12.3. The molecule has 3 nitrogen and oxygen atoms in total. The number of benzene rings is 3. The zero-order chi connectivity index (χ0) is 17.5. The molecule has 126 valence electrons. The summed E-state index contributed by atoms with van der Waals surface area (Å²) in [5.41, 5.74) is 2.98. The van der Waals surface area contributed by atoms with Crippen LogP contribution in [0.3, 0.4) is 0 Å². The monoisotopic (exact) mass is 331 g/mol. The Morgan fingerprint density at radius 2 is 1.36 bits per heavy atom. The van der Waals surface area contributed by atoms with E-state index in [4.69, 9.17) is 4.74 Å². The van der Waals surface area contributed by atoms with Crippen LogP contribution in [0.5, 0.6) is 5.75 Å². The lowest BCUT2D eigenvalue weighted by atomic mass is 10.1. The highest BCUT2D eigenvalue weighted by Gasteiger charge is 2.17. The van der Waals surface area contributed by atoms with Crippen LogP contribution in [-0.4, -0.2) is 13.0 Å². The van der Waals surface area contributed by atoms with Crippen LogP contribution in [0.15, 0.2) is 84.9 Å². The molecule has 0 aromatic heterocycles. The number of nitrogens with zero attached hydrogens (tertiary/aromatic N) is 1. The second-order valence-corrected chi connectivity index (χ2v) is 5.83. The zero-order valence-electron chi connectivity index (χ0n) is 14.3. The van der Waals surface area contributed by atoms with Gasteiger partial charge < -0.3 is 9.64 Å². The Morgan fingerprint density at radius 3 is 1.92 bits per heavy atom. The summed E-state index contributed by atoms with van der Waals surface area (Å²) in [6.07, 6.45) is 0.375. The molecule has 25 heavy (non-hydrogen) atoms. The van der Waals surface area contributed by atoms with Crippen molar-refractivity contribution < 1.29 is 9.53 Å². The molecule has 1 amide bonds. The molecule has 0 fully saturated rings. The fourth-order valence-corrected chi connectivity index (χ4v) is 2.72. The minimum Gasteiger partial charge on any atom is -0.497 e. The molecule has 3 heteroatoms. The Labute approximate surface area is 148 Å². The summed E-state index contributed by atoms with van der Waals surface area (Å²) in [4.78, 5) is 14.8. The van der Waals surface area contributed by atoms with Gasteiger partial charge >= 0.3 is 0 Å². The van der Waals surface area contributed by atoms with E-state index in [9.17, 15) is 4.79 Å². The van der Waals surface area contributed by atoms with Crippen molar-refractivity contribution in [1.29, 1.82) is 0 Å². The third-order valence-electron chi connectivity index (χ3n) is 4.07. The third kappa shape index (κ3) is 4.48. The van der Waals surface area contributed by atoms with Crippen LogP contribution in [0.2, 0.25) is 0 Å². The van der Waals surface area contributed by atoms with E-state index in [1.807, 2.05) is 89.8 Å². The van der Waals surface area contributed by atoms with E-state index in [1.54, 1.807) is 7.11 Å². The minimum atomic E-state index is 0.0696. The van der Waals surface area contributed by atoms with Crippen LogP contribution >= 0.6 is 0 Å². The lowest BCUT2D eigenvalue weighted by Crippen LogP contribution is -2.31. The van der Waals surface area contributed by atoms with Gasteiger partial charge in [-0.1, -0.05) is 60.7 Å². The summed E-state index contributed by atoms with van der Waals surface area (Å²) in [6.45, 7) is 0.541. The fraction of sp³-hybridized carbons (Fsp3) is 0.136. The number of rotatable bonds is 6. The van der Waals surface area contributed by atoms with Crippen molar-refractivity contribution in [2.75, 3.05) is 12.0 Å². The molecule has 3 aromatic carbocycles. The van der Waals surface area contributed by atoms with Crippen LogP contribution in [0.4, 0.5) is 5.69 Å². The van der Waals surface area contributed by atoms with Gasteiger partial charge in [-0.05, 0) is 35.4 Å². The fourth-order valence-electron chi connectivity index (χ4n) is 2.72. The Bertz CT molecular complexity index is 798. The van der Waals surface area contributed by atoms with Gasteiger partial charge in [0, 0.05) is 5.69 Å². The normalized spacial score (nSPS) is 10.3. The quantitative estimate of drug-likeness (QED) is 0.667. The Kier molecular flexibility index (Phi) is 5.47. The van der Waals surface area contributed by atoms with E-state index in [1.165, 1.54) is 0 Å². The highest BCUT2D eigenvalue weighted by atomic mass is 16.5. The second-order valence-electron chi connectivity index (χ2n) is 5.83. The zero-order valence-corrected chi connectivity index (χ0v) is 14.3. The van der Waals surface area contributed by atoms with Gasteiger partial charge in [-0.15, -0.1) is 0 Å². The van der Waals surface area contributed by atoms with Crippen molar-refractivity contribution >= 4 is 11.6 Å². The predicted molar refractivity (Wildman–Crippen MR) is 101 cm³/mol. The smallest absolute Gasteiger partial charge is 0.231 e. The first kappa shape index (κ1) is 16.8. The molecule has 3 aromatic rings. The maximum atomic E-state index is 13.0. The molecule has 0 heterocycles. The molecule has 0 spiro atoms. The van der Waals surface area contributed by atoms with Crippen molar-refractivity contribution in [1.82, 2.24) is 0 Å². The summed E-state index contributed by atoms with van der Waals surface area (Å²) < 4.78 is 5.22. The highest BCUT2D eigenvalue weighted by molar-refractivity contribution is 5.94. The van der Waals surface area contributed by atoms with Crippen molar-refractivity contribution in [3.05, 3.63) is 96.1 Å². The second kappa shape index (κ2) is 8.15. The van der Waals surface area contributed by atoms with Crippen LogP contribution < -0.4 is 9.64 Å². The molecular weight excluding hydrogens is 310 g/mol. The van der Waals surface area contributed by atoms with E-state index >= 15 is 0 Å². The number of hydrogen-bond acceptors (Lipinski definition) is 2. The first-order valence-corrected chi connectivity index (χ1v) is 8.28. The van der Waals surface area contributed by atoms with Crippen molar-refractivity contribution in [3.8, 4) is 5.75 Å². The van der Waals surface area contributed by atoms with E-state index in [2.05, 4.69) is 0 Å². The maximum absolute atomic E-state index is 13.0. The number of amides is 1. The number of carbonyl (C=O) groups excluding carboxylic acids is 1. The number of methoxy groups -OCH3 is 1. The van der Waals surface area contributed by atoms with Gasteiger partial charge in [-0.2, -0.15) is 0 Å². The van der Waals surface area contributed by atoms with Crippen LogP contribution in [0, 0.1) is 0 Å². The lowest BCUT2D eigenvalue weighted by Gasteiger charge is -2.23. The number of anilines is 1. The van der Waals surface area contributed by atoms with Gasteiger partial charge in [0.15, 0.2) is 0 Å². The van der Waals surface area contributed by atoms with E-state index in [-0.39, 0.29) is 5.91 Å². The molecular formula is C22H21NO2. The average Bonchev–Trinajstić information content (AvgIpc) is 2.68. The van der Waals surface area contributed by atoms with Gasteiger partial charge in [0.25, 0.3) is 0 Å². The van der Waals surface area contributed by atoms with Gasteiger partial charge in [-0.25, -0.2) is 0 Å². The van der Waals surface area contributed by atoms with Gasteiger partial charge in [0.1, 0.15) is 5.75 Å². The van der Waals surface area contributed by atoms with Crippen molar-refractivity contribution in [2.24, 2.45) is 0 Å². The number of hydrogen-bond donors (Lipinski definition) is 0. The molecule has 0 radical (unpaired) electrons. The van der Waals surface area contributed by atoms with Gasteiger partial charge in [0.2, 0.25) is 5.91 Å². The topological polar surface area (TPSA) is 29.5 Å². The van der Waals surface area contributed by atoms with E-state index in [0.717, 1.165) is 22.6 Å². The largest absolute Gasteiger partial charge is 0.497 e. The number of ether oxygens (including phenoxy) is 1. The van der Waals surface area contributed by atoms with Crippen LogP contribution in [0.25, 0.3) is 0 Å². The molecule has 0 aliphatic heterocycles. The highest BCUT2D eigenvalue weighted by Crippen LogP contribution is 2.22. The average molecular weight is 331 g/mol. The summed E-state index contributed by atoms with van der Waals surface area (Å²) in [7, 11) is 1.64. The van der Waals surface area contributed by atoms with E-state index in [0.29, 0.717) is 13.0 Å². The van der Waals surface area contributed by atoms with Crippen LogP contribution in [0.1, 0.15) is 11.1 Å². The number of carbonyl (C=O) groups is 1. The van der Waals surface area contributed by atoms with Crippen molar-refractivity contribution in [3.63, 3.8) is 0 Å². The predicted octanol–water partition coefficient (Wildman–Crippen LogP) is 4.47. The molecule has 0 aliphatic carbocycles. The summed E-state index contributed by atoms with van der Waals surface area (Å²) >= 11 is 0. The molecule has 0 aliphatic rings. The molecule has 0 atom stereocenters. The molecule has 0 saturated carbocycles. The third-order valence-corrected chi connectivity index (χ3v) is 4.07. The Hall–Kier alpha value is -3.07. The van der Waals surface area contributed by atoms with E-state index < -0.39 is 0 Å². The summed E-state index contributed by atoms with van der Waals surface area (Å²) in [5, 5.41) is 0. The van der Waals surface area contributed by atoms with Crippen LogP contribution in [-0.2, 0) is 17.8 Å². The standard InChI is InChI=1S/C22H21NO2/c1-25-21-14-12-20(13-15-21)23(17-19-10-6-3-7-11-19)22(24)16-18-8-4-2-5-9-18/h2-15H,16-17H2,1H3. The molecule has 0 unspecified atom stereocenters. The SMILES string of the molecule is COc1ccc(N(Cc2ccccc2)C(=O)Cc2ccccc2)cc1. The molecule has 0 bridgehead atoms. The Morgan fingerprint density at radius 1 is 0.800 bits per heavy atom. The molecule has 3 rings (SSSR count). The summed E-state index contributed by atoms with van der Waals surface area (Å²) in [6, 6.07) is 27.5. The Balaban J connectivity index is 1.86. The minimum absolute atomic E-state index is 0.0696. The summed E-state index contributed by atoms with van der Waals surface area (Å²) in [5.74, 6) is 0.846. The lowest BCUT2D eigenvalue weighted by molar-refractivity contribution is -0.118. The first-order valence-electron chi connectivity index (χ1n) is 8.28. The van der Waals surface area contributed by atoms with Gasteiger partial charge in [-0.3, -0.25) is 4.79 Å². The molecule has 0 N–H and O–H groups in total. The molecule has 0 saturated heterocycles. The van der Waals surface area contributed by atoms with Gasteiger partial charge in [0.05, 0.1) is 20.1 Å². The maximum Gasteiger partial charge on any atom is 0.231 e. The van der Waals surface area contributed by atoms with Crippen molar-refractivity contribution in [2.45, 2.75) is 13.0 Å².